The molecule has 0 heterocycles. The van der Waals surface area contributed by atoms with Gasteiger partial charge in [-0.1, -0.05) is 0 Å². The molecule has 0 saturated carbocycles. The quantitative estimate of drug-likeness (QED) is 0.118. The van der Waals surface area contributed by atoms with E-state index in [2.05, 4.69) is 33.0 Å². The van der Waals surface area contributed by atoms with Gasteiger partial charge in [-0.3, -0.25) is 0 Å². The molecular weight excluding hydrogens is 558 g/mol. The predicted octanol–water partition coefficient (Wildman–Crippen LogP) is -5.77. The predicted molar refractivity (Wildman–Crippen MR) is 97.4 cm³/mol. The van der Waals surface area contributed by atoms with Crippen molar-refractivity contribution in [1.82, 2.24) is 0 Å². The Hall–Kier alpha value is 0.660. The van der Waals surface area contributed by atoms with E-state index in [1.807, 2.05) is 0 Å². The van der Waals surface area contributed by atoms with E-state index in [4.69, 9.17) is 86.1 Å². The van der Waals surface area contributed by atoms with Gasteiger partial charge in [0.2, 0.25) is 0 Å². The first-order chi connectivity index (χ1) is 12.0. The van der Waals surface area contributed by atoms with Gasteiger partial charge >= 0.3 is 46.5 Å². The van der Waals surface area contributed by atoms with Crippen LogP contribution in [0.15, 0.2) is 0 Å². The summed E-state index contributed by atoms with van der Waals surface area (Å²) in [6.07, 6.45) is 0. The van der Waals surface area contributed by atoms with E-state index < -0.39 is 46.5 Å². The Morgan fingerprint density at radius 2 is 0.267 bits per heavy atom. The highest BCUT2D eigenvalue weighted by Gasteiger charge is 1.98. The van der Waals surface area contributed by atoms with Gasteiger partial charge in [-0.05, 0) is 0 Å². The molecule has 0 atom stereocenters. The van der Waals surface area contributed by atoms with Crippen LogP contribution in [0.3, 0.4) is 0 Å². The second kappa shape index (κ2) is 18.1. The van der Waals surface area contributed by atoms with Crippen LogP contribution in [0.2, 0.25) is 0 Å². The van der Waals surface area contributed by atoms with Crippen LogP contribution in [0.5, 0.6) is 0 Å². The van der Waals surface area contributed by atoms with Gasteiger partial charge in [0.05, 0.1) is 0 Å². The molecule has 0 aliphatic carbocycles. The molecule has 30 heavy (non-hydrogen) atoms. The molecule has 0 aromatic carbocycles. The second-order valence-electron chi connectivity index (χ2n) is 3.53. The zero-order chi connectivity index (χ0) is 27.0. The number of hydrogen-bond acceptors (Lipinski definition) is 6. The molecule has 0 amide bonds. The zero-order valence-electron chi connectivity index (χ0n) is 14.0. The maximum Gasteiger partial charge on any atom is 0.397 e. The molecule has 0 aliphatic rings. The Balaban J connectivity index is -0.0000000576. The van der Waals surface area contributed by atoms with E-state index in [-0.39, 0.29) is 0 Å². The Kier molecular flexibility index (Phi) is 26.8. The summed E-state index contributed by atoms with van der Waals surface area (Å²) >= 11 is 0. The Bertz CT molecular complexity index is 473. The smallest absolute Gasteiger partial charge is 0.313 e. The summed E-state index contributed by atoms with van der Waals surface area (Å²) in [4.78, 5) is 88.9. The van der Waals surface area contributed by atoms with Gasteiger partial charge in [-0.25, -0.2) is 60.4 Å². The van der Waals surface area contributed by atoms with Crippen LogP contribution in [0.1, 0.15) is 0 Å². The van der Waals surface area contributed by atoms with Crippen molar-refractivity contribution >= 4 is 46.5 Å². The lowest BCUT2D eigenvalue weighted by Gasteiger charge is -1.84. The lowest BCUT2D eigenvalue weighted by molar-refractivity contribution is 0.372. The molecule has 24 N–H and O–H groups in total. The van der Waals surface area contributed by atoms with Crippen LogP contribution >= 0.6 is 46.5 Å². The van der Waals surface area contributed by atoms with Crippen LogP contribution in [-0.4, -0.2) is 58.7 Å². The van der Waals surface area contributed by atoms with Crippen LogP contribution in [0, 0.1) is 0 Å². The Morgan fingerprint density at radius 1 is 0.267 bits per heavy atom. The largest absolute Gasteiger partial charge is 0.397 e. The van der Waals surface area contributed by atoms with Crippen molar-refractivity contribution in [3.05, 3.63) is 0 Å². The Labute approximate surface area is 166 Å². The van der Waals surface area contributed by atoms with Crippen molar-refractivity contribution in [3.63, 3.8) is 0 Å². The van der Waals surface area contributed by atoms with Gasteiger partial charge < -0.3 is 58.7 Å². The summed E-state index contributed by atoms with van der Waals surface area (Å²) in [5.41, 5.74) is 24.1. The van der Waals surface area contributed by atoms with Crippen molar-refractivity contribution in [2.24, 2.45) is 33.0 Å². The Morgan fingerprint density at radius 3 is 0.267 bits per heavy atom. The van der Waals surface area contributed by atoms with Crippen molar-refractivity contribution < 1.29 is 86.1 Å². The molecule has 192 valence electrons. The molecule has 0 rings (SSSR count). The third kappa shape index (κ3) is 50300. The molecular formula is H24N6O18P6. The van der Waals surface area contributed by atoms with Crippen LogP contribution in [-0.2, 0) is 27.4 Å². The van der Waals surface area contributed by atoms with E-state index in [9.17, 15) is 0 Å². The summed E-state index contributed by atoms with van der Waals surface area (Å²) in [5, 5.41) is 0. The number of hydrogen-bond donors (Lipinski definition) is 18. The van der Waals surface area contributed by atoms with Gasteiger partial charge in [-0.2, -0.15) is 0 Å². The van der Waals surface area contributed by atoms with Crippen LogP contribution in [0.25, 0.3) is 0 Å². The highest BCUT2D eigenvalue weighted by atomic mass is 31.2. The molecule has 0 aromatic heterocycles. The fourth-order valence-electron chi connectivity index (χ4n) is 0. The van der Waals surface area contributed by atoms with Crippen molar-refractivity contribution in [2.45, 2.75) is 0 Å². The monoisotopic (exact) mass is 582 g/mol. The number of rotatable bonds is 0. The van der Waals surface area contributed by atoms with E-state index in [0.717, 1.165) is 0 Å². The highest BCUT2D eigenvalue weighted by molar-refractivity contribution is 7.50. The van der Waals surface area contributed by atoms with Crippen molar-refractivity contribution in [1.29, 1.82) is 0 Å². The third-order valence-electron chi connectivity index (χ3n) is 0. The lowest BCUT2D eigenvalue weighted by Crippen LogP contribution is -1.87. The first kappa shape index (κ1) is 44.4. The summed E-state index contributed by atoms with van der Waals surface area (Å²) in [5.74, 6) is 0. The third-order valence-corrected chi connectivity index (χ3v) is 0. The molecule has 0 aromatic rings. The maximum absolute atomic E-state index is 9.10. The SMILES string of the molecule is NP(=O)(O)O.NP(=O)(O)O.NP(=O)(O)O.NP(=O)(O)O.NP(=O)(O)O.NP(=O)(O)O. The molecule has 0 saturated heterocycles. The van der Waals surface area contributed by atoms with E-state index in [0.29, 0.717) is 0 Å². The van der Waals surface area contributed by atoms with Gasteiger partial charge in [0, 0.05) is 0 Å². The standard InChI is InChI=1S/6H4NO3P/c6*1-5(2,3)4/h6*(H4,1,2,3,4). The van der Waals surface area contributed by atoms with E-state index in [1.54, 1.807) is 0 Å². The molecule has 0 fully saturated rings. The van der Waals surface area contributed by atoms with Gasteiger partial charge in [-0.15, -0.1) is 0 Å². The second-order valence-corrected chi connectivity index (χ2v) is 10.6. The summed E-state index contributed by atoms with van der Waals surface area (Å²) in [6.45, 7) is 0. The lowest BCUT2D eigenvalue weighted by atomic mass is 13.9. The molecule has 0 spiro atoms. The first-order valence-electron chi connectivity index (χ1n) is 5.04. The van der Waals surface area contributed by atoms with E-state index >= 15 is 0 Å². The van der Waals surface area contributed by atoms with Crippen molar-refractivity contribution in [2.75, 3.05) is 0 Å². The fraction of sp³-hybridized carbons (Fsp3) is 0. The van der Waals surface area contributed by atoms with E-state index in [1.165, 1.54) is 0 Å². The zero-order valence-corrected chi connectivity index (χ0v) is 19.3. The van der Waals surface area contributed by atoms with Crippen LogP contribution < -0.4 is 33.0 Å². The minimum absolute atomic E-state index is 4.02. The molecule has 30 heteroatoms. The minimum atomic E-state index is -4.14. The number of nitrogens with two attached hydrogens (primary N) is 6. The minimum Gasteiger partial charge on any atom is -0.313 e. The average molecular weight is 582 g/mol. The normalized spacial score (nSPS) is 11.8. The van der Waals surface area contributed by atoms with Crippen molar-refractivity contribution in [3.8, 4) is 0 Å². The van der Waals surface area contributed by atoms with Gasteiger partial charge in [0.25, 0.3) is 0 Å². The van der Waals surface area contributed by atoms with Gasteiger partial charge in [0.1, 0.15) is 0 Å². The summed E-state index contributed by atoms with van der Waals surface area (Å²) < 4.78 is 54.6. The molecule has 24 nitrogen and oxygen atoms in total. The molecule has 0 unspecified atom stereocenters. The average Bonchev–Trinajstić information content (AvgIpc) is 1.94. The summed E-state index contributed by atoms with van der Waals surface area (Å²) in [7, 11) is -24.8. The highest BCUT2D eigenvalue weighted by Crippen LogP contribution is 2.21. The molecule has 0 aliphatic heterocycles. The molecule has 0 radical (unpaired) electrons. The van der Waals surface area contributed by atoms with Crippen LogP contribution in [0.4, 0.5) is 0 Å². The fourth-order valence-corrected chi connectivity index (χ4v) is 0. The topological polar surface area (TPSA) is 501 Å². The first-order valence-corrected chi connectivity index (χ1v) is 15.1. The summed E-state index contributed by atoms with van der Waals surface area (Å²) in [6, 6.07) is 0. The molecule has 0 bridgehead atoms. The maximum atomic E-state index is 9.10. The van der Waals surface area contributed by atoms with Gasteiger partial charge in [0.15, 0.2) is 0 Å².